The minimum absolute atomic E-state index is 0.0804. The number of anilines is 1. The van der Waals surface area contributed by atoms with Crippen molar-refractivity contribution in [3.05, 3.63) is 29.0 Å². The summed E-state index contributed by atoms with van der Waals surface area (Å²) >= 11 is 5.77. The molecule has 0 saturated heterocycles. The molecule has 0 bridgehead atoms. The van der Waals surface area contributed by atoms with E-state index in [9.17, 15) is 9.18 Å². The zero-order valence-corrected chi connectivity index (χ0v) is 10.7. The first kappa shape index (κ1) is 13.3. The highest BCUT2D eigenvalue weighted by Gasteiger charge is 2.25. The second-order valence-electron chi connectivity index (χ2n) is 4.73. The Balaban J connectivity index is 2.00. The Hall–Kier alpha value is -1.13. The molecular formula is C13H16ClFN2O. The Morgan fingerprint density at radius 1 is 1.33 bits per heavy atom. The monoisotopic (exact) mass is 270 g/mol. The highest BCUT2D eigenvalue weighted by molar-refractivity contribution is 6.30. The molecule has 1 amide bonds. The van der Waals surface area contributed by atoms with E-state index in [0.717, 1.165) is 25.7 Å². The summed E-state index contributed by atoms with van der Waals surface area (Å²) in [6.45, 7) is 0. The molecule has 0 aliphatic heterocycles. The standard InChI is InChI=1S/C13H16ClFN2O/c14-9-3-6-11(15)12(7-9)17-13(18)8-1-4-10(16)5-2-8/h3,6-8,10H,1-2,4-5,16H2,(H,17,18). The van der Waals surface area contributed by atoms with Crippen molar-refractivity contribution in [2.24, 2.45) is 11.7 Å². The minimum Gasteiger partial charge on any atom is -0.328 e. The minimum atomic E-state index is -0.472. The molecule has 1 saturated carbocycles. The summed E-state index contributed by atoms with van der Waals surface area (Å²) in [4.78, 5) is 12.0. The summed E-state index contributed by atoms with van der Waals surface area (Å²) in [6.07, 6.45) is 3.20. The molecule has 3 N–H and O–H groups in total. The lowest BCUT2D eigenvalue weighted by molar-refractivity contribution is -0.120. The van der Waals surface area contributed by atoms with Crippen molar-refractivity contribution in [3.63, 3.8) is 0 Å². The predicted octanol–water partition coefficient (Wildman–Crippen LogP) is 2.94. The van der Waals surface area contributed by atoms with Crippen LogP contribution in [-0.4, -0.2) is 11.9 Å². The van der Waals surface area contributed by atoms with Gasteiger partial charge in [-0.1, -0.05) is 11.6 Å². The van der Waals surface area contributed by atoms with Crippen molar-refractivity contribution in [1.29, 1.82) is 0 Å². The molecule has 18 heavy (non-hydrogen) atoms. The van der Waals surface area contributed by atoms with Gasteiger partial charge in [-0.25, -0.2) is 4.39 Å². The molecule has 0 radical (unpaired) electrons. The van der Waals surface area contributed by atoms with Crippen LogP contribution in [0.4, 0.5) is 10.1 Å². The van der Waals surface area contributed by atoms with Gasteiger partial charge in [-0.05, 0) is 43.9 Å². The van der Waals surface area contributed by atoms with Gasteiger partial charge in [0.25, 0.3) is 0 Å². The smallest absolute Gasteiger partial charge is 0.227 e. The van der Waals surface area contributed by atoms with Crippen molar-refractivity contribution in [3.8, 4) is 0 Å². The summed E-state index contributed by atoms with van der Waals surface area (Å²) in [6, 6.07) is 4.31. The first-order valence-corrected chi connectivity index (χ1v) is 6.45. The Morgan fingerprint density at radius 3 is 2.67 bits per heavy atom. The number of hydrogen-bond donors (Lipinski definition) is 2. The van der Waals surface area contributed by atoms with Crippen molar-refractivity contribution < 1.29 is 9.18 Å². The molecule has 0 heterocycles. The number of nitrogens with two attached hydrogens (primary N) is 1. The van der Waals surface area contributed by atoms with Gasteiger partial charge in [0.05, 0.1) is 5.69 Å². The van der Waals surface area contributed by atoms with E-state index < -0.39 is 5.82 Å². The van der Waals surface area contributed by atoms with E-state index in [1.54, 1.807) is 0 Å². The lowest BCUT2D eigenvalue weighted by atomic mass is 9.86. The fraction of sp³-hybridized carbons (Fsp3) is 0.462. The Bertz CT molecular complexity index is 445. The van der Waals surface area contributed by atoms with Gasteiger partial charge >= 0.3 is 0 Å². The fourth-order valence-electron chi connectivity index (χ4n) is 2.21. The lowest BCUT2D eigenvalue weighted by Gasteiger charge is -2.25. The van der Waals surface area contributed by atoms with Gasteiger partial charge in [-0.2, -0.15) is 0 Å². The molecule has 0 aromatic heterocycles. The van der Waals surface area contributed by atoms with Gasteiger partial charge in [-0.3, -0.25) is 4.79 Å². The first-order chi connectivity index (χ1) is 8.56. The van der Waals surface area contributed by atoms with E-state index in [-0.39, 0.29) is 23.6 Å². The third-order valence-electron chi connectivity index (χ3n) is 3.33. The second-order valence-corrected chi connectivity index (χ2v) is 5.16. The maximum Gasteiger partial charge on any atom is 0.227 e. The Morgan fingerprint density at radius 2 is 2.00 bits per heavy atom. The average Bonchev–Trinajstić information content (AvgIpc) is 2.34. The van der Waals surface area contributed by atoms with Crippen LogP contribution in [0.25, 0.3) is 0 Å². The van der Waals surface area contributed by atoms with Crippen LogP contribution in [-0.2, 0) is 4.79 Å². The molecule has 98 valence electrons. The number of hydrogen-bond acceptors (Lipinski definition) is 2. The molecular weight excluding hydrogens is 255 g/mol. The normalized spacial score (nSPS) is 23.7. The number of benzene rings is 1. The van der Waals surface area contributed by atoms with E-state index in [1.165, 1.54) is 18.2 Å². The largest absolute Gasteiger partial charge is 0.328 e. The highest BCUT2D eigenvalue weighted by atomic mass is 35.5. The number of halogens is 2. The van der Waals surface area contributed by atoms with Gasteiger partial charge < -0.3 is 11.1 Å². The van der Waals surface area contributed by atoms with Crippen LogP contribution in [0.2, 0.25) is 5.02 Å². The van der Waals surface area contributed by atoms with E-state index >= 15 is 0 Å². The van der Waals surface area contributed by atoms with Crippen LogP contribution < -0.4 is 11.1 Å². The zero-order chi connectivity index (χ0) is 13.1. The molecule has 0 unspecified atom stereocenters. The molecule has 1 aromatic carbocycles. The first-order valence-electron chi connectivity index (χ1n) is 6.08. The summed E-state index contributed by atoms with van der Waals surface area (Å²) in [7, 11) is 0. The van der Waals surface area contributed by atoms with Crippen molar-refractivity contribution in [2.75, 3.05) is 5.32 Å². The molecule has 0 spiro atoms. The van der Waals surface area contributed by atoms with Crippen molar-refractivity contribution >= 4 is 23.2 Å². The van der Waals surface area contributed by atoms with Crippen LogP contribution in [0.1, 0.15) is 25.7 Å². The van der Waals surface area contributed by atoms with Crippen LogP contribution >= 0.6 is 11.6 Å². The fourth-order valence-corrected chi connectivity index (χ4v) is 2.38. The lowest BCUT2D eigenvalue weighted by Crippen LogP contribution is -2.32. The Kier molecular flexibility index (Phi) is 4.19. The van der Waals surface area contributed by atoms with Crippen LogP contribution in [0.15, 0.2) is 18.2 Å². The molecule has 1 aliphatic rings. The van der Waals surface area contributed by atoms with E-state index in [0.29, 0.717) is 5.02 Å². The van der Waals surface area contributed by atoms with Crippen molar-refractivity contribution in [1.82, 2.24) is 0 Å². The van der Waals surface area contributed by atoms with Gasteiger partial charge in [0.2, 0.25) is 5.91 Å². The summed E-state index contributed by atoms with van der Waals surface area (Å²) in [5, 5.41) is 3.00. The van der Waals surface area contributed by atoms with E-state index in [4.69, 9.17) is 17.3 Å². The van der Waals surface area contributed by atoms with E-state index in [1.807, 2.05) is 0 Å². The quantitative estimate of drug-likeness (QED) is 0.868. The average molecular weight is 271 g/mol. The number of nitrogens with one attached hydrogen (secondary N) is 1. The van der Waals surface area contributed by atoms with Crippen molar-refractivity contribution in [2.45, 2.75) is 31.7 Å². The maximum atomic E-state index is 13.5. The number of amides is 1. The van der Waals surface area contributed by atoms with E-state index in [2.05, 4.69) is 5.32 Å². The second kappa shape index (κ2) is 5.67. The SMILES string of the molecule is NC1CCC(C(=O)Nc2cc(Cl)ccc2F)CC1. The zero-order valence-electron chi connectivity index (χ0n) is 9.96. The predicted molar refractivity (Wildman–Crippen MR) is 70.0 cm³/mol. The van der Waals surface area contributed by atoms with Gasteiger partial charge in [0.1, 0.15) is 5.82 Å². The third kappa shape index (κ3) is 3.21. The molecule has 1 fully saturated rings. The van der Waals surface area contributed by atoms with Gasteiger partial charge in [-0.15, -0.1) is 0 Å². The summed E-state index contributed by atoms with van der Waals surface area (Å²) < 4.78 is 13.5. The molecule has 2 rings (SSSR count). The number of carbonyl (C=O) groups is 1. The molecule has 5 heteroatoms. The molecule has 1 aromatic rings. The number of carbonyl (C=O) groups excluding carboxylic acids is 1. The number of rotatable bonds is 2. The summed E-state index contributed by atoms with van der Waals surface area (Å²) in [5.41, 5.74) is 5.93. The van der Waals surface area contributed by atoms with Gasteiger partial charge in [0.15, 0.2) is 0 Å². The molecule has 0 atom stereocenters. The topological polar surface area (TPSA) is 55.1 Å². The Labute approximate surface area is 111 Å². The summed E-state index contributed by atoms with van der Waals surface area (Å²) in [5.74, 6) is -0.702. The highest BCUT2D eigenvalue weighted by Crippen LogP contribution is 2.26. The molecule has 1 aliphatic carbocycles. The maximum absolute atomic E-state index is 13.5. The van der Waals surface area contributed by atoms with Crippen LogP contribution in [0.5, 0.6) is 0 Å². The third-order valence-corrected chi connectivity index (χ3v) is 3.56. The van der Waals surface area contributed by atoms with Gasteiger partial charge in [0, 0.05) is 17.0 Å². The van der Waals surface area contributed by atoms with Crippen LogP contribution in [0, 0.1) is 11.7 Å². The molecule has 3 nitrogen and oxygen atoms in total. The van der Waals surface area contributed by atoms with Crippen LogP contribution in [0.3, 0.4) is 0 Å².